The molecule has 1 atom stereocenters. The number of fused-ring (bicyclic) bond motifs is 3. The first-order valence-electron chi connectivity index (χ1n) is 14.1. The van der Waals surface area contributed by atoms with E-state index in [1.54, 1.807) is 0 Å². The predicted octanol–water partition coefficient (Wildman–Crippen LogP) is 5.11. The van der Waals surface area contributed by atoms with Crippen molar-refractivity contribution < 1.29 is 28.2 Å². The van der Waals surface area contributed by atoms with Gasteiger partial charge in [-0.1, -0.05) is 123 Å². The summed E-state index contributed by atoms with van der Waals surface area (Å²) in [5, 5.41) is 0. The van der Waals surface area contributed by atoms with Crippen LogP contribution in [-0.4, -0.2) is 17.8 Å². The molecule has 6 rings (SSSR count). The van der Waals surface area contributed by atoms with Crippen LogP contribution >= 0.6 is 0 Å². The number of rotatable bonds is 5. The average Bonchev–Trinajstić information content (AvgIpc) is 3.34. The largest absolute Gasteiger partial charge is 1.00 e. The van der Waals surface area contributed by atoms with E-state index in [1.807, 2.05) is 0 Å². The van der Waals surface area contributed by atoms with Crippen LogP contribution < -0.4 is 24.3 Å². The van der Waals surface area contributed by atoms with Crippen molar-refractivity contribution in [3.63, 3.8) is 0 Å². The Balaban J connectivity index is 0.00000308. The number of benzene rings is 4. The minimum absolute atomic E-state index is 0. The standard InChI is InChI=1S/C35H38BO2.Li/c1-7-25(2)36(37-33(3,4)34(5,6)38-36)28-22-23-30-29-20-14-15-21-31(29)35(32(30)24-28,26-16-10-8-11-17-26)27-18-12-9-13-19-27;/h8-25H,7H2,1-6H3;/q-1;+1. The molecule has 0 bridgehead atoms. The monoisotopic (exact) mass is 508 g/mol. The second kappa shape index (κ2) is 9.83. The molecule has 2 aliphatic rings. The molecule has 39 heavy (non-hydrogen) atoms. The van der Waals surface area contributed by atoms with Crippen LogP contribution in [0.1, 0.15) is 70.2 Å². The molecule has 1 unspecified atom stereocenters. The first-order chi connectivity index (χ1) is 18.2. The molecule has 4 aromatic rings. The Kier molecular flexibility index (Phi) is 7.06. The summed E-state index contributed by atoms with van der Waals surface area (Å²) < 4.78 is 14.1. The van der Waals surface area contributed by atoms with E-state index in [4.69, 9.17) is 9.31 Å². The molecule has 2 nitrogen and oxygen atoms in total. The molecule has 1 aliphatic carbocycles. The third-order valence-electron chi connectivity index (χ3n) is 9.73. The maximum Gasteiger partial charge on any atom is 1.00 e. The molecular formula is C35H38BLiO2. The van der Waals surface area contributed by atoms with Crippen LogP contribution in [0.25, 0.3) is 11.1 Å². The molecule has 0 saturated carbocycles. The summed E-state index contributed by atoms with van der Waals surface area (Å²) in [6.07, 6.45) is 0.978. The predicted molar refractivity (Wildman–Crippen MR) is 159 cm³/mol. The van der Waals surface area contributed by atoms with Crippen molar-refractivity contribution in [1.29, 1.82) is 0 Å². The van der Waals surface area contributed by atoms with Gasteiger partial charge >= 0.3 is 18.9 Å². The summed E-state index contributed by atoms with van der Waals surface area (Å²) in [5.74, 6) is 0.237. The van der Waals surface area contributed by atoms with Crippen molar-refractivity contribution >= 4 is 12.0 Å². The van der Waals surface area contributed by atoms with Gasteiger partial charge in [0.2, 0.25) is 0 Å². The van der Waals surface area contributed by atoms with Crippen molar-refractivity contribution in [2.45, 2.75) is 70.4 Å². The molecule has 1 saturated heterocycles. The maximum absolute atomic E-state index is 7.05. The van der Waals surface area contributed by atoms with Gasteiger partial charge in [-0.3, -0.25) is 0 Å². The minimum Gasteiger partial charge on any atom is -0.558 e. The molecule has 1 heterocycles. The fourth-order valence-corrected chi connectivity index (χ4v) is 6.90. The summed E-state index contributed by atoms with van der Waals surface area (Å²) in [5.41, 5.74) is 7.65. The Labute approximate surface area is 246 Å². The van der Waals surface area contributed by atoms with E-state index in [2.05, 4.69) is 145 Å². The van der Waals surface area contributed by atoms with E-state index < -0.39 is 23.2 Å². The molecule has 4 heteroatoms. The van der Waals surface area contributed by atoms with Gasteiger partial charge in [0, 0.05) is 11.2 Å². The van der Waals surface area contributed by atoms with E-state index in [0.29, 0.717) is 0 Å². The summed E-state index contributed by atoms with van der Waals surface area (Å²) in [7, 11) is 0. The number of hydrogen-bond acceptors (Lipinski definition) is 2. The van der Waals surface area contributed by atoms with Crippen molar-refractivity contribution in [3.8, 4) is 11.1 Å². The zero-order valence-electron chi connectivity index (χ0n) is 24.5. The van der Waals surface area contributed by atoms with Crippen molar-refractivity contribution in [1.82, 2.24) is 0 Å². The topological polar surface area (TPSA) is 18.5 Å². The van der Waals surface area contributed by atoms with Gasteiger partial charge < -0.3 is 9.31 Å². The summed E-state index contributed by atoms with van der Waals surface area (Å²) in [6, 6.07) is 37.8. The SMILES string of the molecule is CCC(C)[B-]1(c2ccc3c(c2)C(c2ccccc2)(c2ccccc2)c2ccccc2-3)OC(C)(C)C(C)(C)O1.[Li+]. The summed E-state index contributed by atoms with van der Waals surface area (Å²) >= 11 is 0. The average molecular weight is 508 g/mol. The van der Waals surface area contributed by atoms with Crippen molar-refractivity contribution in [2.75, 3.05) is 0 Å². The Bertz CT molecular complexity index is 1420. The Morgan fingerprint density at radius 2 is 1.13 bits per heavy atom. The van der Waals surface area contributed by atoms with Gasteiger partial charge in [-0.2, -0.15) is 5.46 Å². The third kappa shape index (κ3) is 3.93. The van der Waals surface area contributed by atoms with E-state index in [-0.39, 0.29) is 24.7 Å². The second-order valence-electron chi connectivity index (χ2n) is 12.2. The van der Waals surface area contributed by atoms with E-state index in [9.17, 15) is 0 Å². The quantitative estimate of drug-likeness (QED) is 0.308. The van der Waals surface area contributed by atoms with E-state index in [1.165, 1.54) is 33.4 Å². The Hall–Kier alpha value is -2.54. The molecule has 0 aromatic heterocycles. The first-order valence-corrected chi connectivity index (χ1v) is 14.1. The van der Waals surface area contributed by atoms with Crippen LogP contribution in [0.15, 0.2) is 103 Å². The van der Waals surface area contributed by atoms with Gasteiger partial charge in [0.15, 0.2) is 0 Å². The Morgan fingerprint density at radius 3 is 1.67 bits per heavy atom. The molecule has 194 valence electrons. The zero-order valence-corrected chi connectivity index (χ0v) is 24.5. The molecular weight excluding hydrogens is 470 g/mol. The fourth-order valence-electron chi connectivity index (χ4n) is 6.90. The molecule has 0 radical (unpaired) electrons. The first kappa shape index (κ1) is 28.0. The van der Waals surface area contributed by atoms with Crippen LogP contribution in [0.3, 0.4) is 0 Å². The van der Waals surface area contributed by atoms with Crippen molar-refractivity contribution in [3.05, 3.63) is 125 Å². The molecule has 1 aliphatic heterocycles. The Morgan fingerprint density at radius 1 is 0.641 bits per heavy atom. The smallest absolute Gasteiger partial charge is 0.558 e. The fraction of sp³-hybridized carbons (Fsp3) is 0.314. The van der Waals surface area contributed by atoms with Gasteiger partial charge in [-0.15, -0.1) is 5.82 Å². The summed E-state index contributed by atoms with van der Waals surface area (Å²) in [4.78, 5) is 0. The zero-order chi connectivity index (χ0) is 26.8. The van der Waals surface area contributed by atoms with Crippen LogP contribution in [0, 0.1) is 0 Å². The molecule has 0 spiro atoms. The maximum atomic E-state index is 7.05. The minimum atomic E-state index is -1.71. The van der Waals surface area contributed by atoms with Gasteiger partial charge in [-0.05, 0) is 61.1 Å². The molecule has 0 N–H and O–H groups in total. The van der Waals surface area contributed by atoms with E-state index in [0.717, 1.165) is 11.9 Å². The number of hydrogen-bond donors (Lipinski definition) is 0. The molecule has 1 fully saturated rings. The third-order valence-corrected chi connectivity index (χ3v) is 9.73. The van der Waals surface area contributed by atoms with Gasteiger partial charge in [0.05, 0.1) is 5.41 Å². The van der Waals surface area contributed by atoms with Crippen molar-refractivity contribution in [2.24, 2.45) is 0 Å². The molecule has 4 aromatic carbocycles. The van der Waals surface area contributed by atoms with Gasteiger partial charge in [-0.25, -0.2) is 0 Å². The van der Waals surface area contributed by atoms with Gasteiger partial charge in [0.1, 0.15) is 0 Å². The second-order valence-corrected chi connectivity index (χ2v) is 12.2. The van der Waals surface area contributed by atoms with Crippen LogP contribution in [0.2, 0.25) is 5.82 Å². The summed E-state index contributed by atoms with van der Waals surface area (Å²) in [6.45, 7) is 11.5. The van der Waals surface area contributed by atoms with Crippen LogP contribution in [0.4, 0.5) is 0 Å². The normalized spacial score (nSPS) is 19.9. The van der Waals surface area contributed by atoms with Crippen LogP contribution in [-0.2, 0) is 14.7 Å². The van der Waals surface area contributed by atoms with Gasteiger partial charge in [0.25, 0.3) is 6.55 Å². The van der Waals surface area contributed by atoms with Crippen LogP contribution in [0.5, 0.6) is 0 Å². The molecule has 0 amide bonds. The van der Waals surface area contributed by atoms with E-state index >= 15 is 0 Å².